The smallest absolute Gasteiger partial charge is 0.262 e. The Kier molecular flexibility index (Phi) is 3.35. The van der Waals surface area contributed by atoms with Crippen LogP contribution in [0.15, 0.2) is 42.5 Å². The Balaban J connectivity index is 2.03. The van der Waals surface area contributed by atoms with Crippen molar-refractivity contribution >= 4 is 11.6 Å². The molecule has 2 aromatic carbocycles. The second-order valence-electron chi connectivity index (χ2n) is 5.07. The van der Waals surface area contributed by atoms with Crippen LogP contribution in [0.25, 0.3) is 0 Å². The highest BCUT2D eigenvalue weighted by Gasteiger charge is 2.28. The molecule has 108 valence electrons. The number of benzene rings is 2. The Morgan fingerprint density at radius 3 is 2.86 bits per heavy atom. The van der Waals surface area contributed by atoms with Gasteiger partial charge in [0.1, 0.15) is 11.6 Å². The summed E-state index contributed by atoms with van der Waals surface area (Å²) in [4.78, 5) is 14.1. The number of halogens is 1. The first-order valence-electron chi connectivity index (χ1n) is 6.73. The SMILES string of the molecule is NC1CCN(C(=O)c2cc(F)ccc2O)c2ccccc21. The van der Waals surface area contributed by atoms with Crippen molar-refractivity contribution in [3.8, 4) is 5.75 Å². The number of fused-ring (bicyclic) bond motifs is 1. The third-order valence-electron chi connectivity index (χ3n) is 3.72. The zero-order valence-electron chi connectivity index (χ0n) is 11.3. The maximum atomic E-state index is 13.3. The number of phenols is 1. The van der Waals surface area contributed by atoms with Crippen LogP contribution in [0.4, 0.5) is 10.1 Å². The number of carbonyl (C=O) groups excluding carboxylic acids is 1. The van der Waals surface area contributed by atoms with Crippen LogP contribution < -0.4 is 10.6 Å². The standard InChI is InChI=1S/C16H15FN2O2/c17-10-5-6-15(20)12(9-10)16(21)19-8-7-13(18)11-3-1-2-4-14(11)19/h1-6,9,13,20H,7-8,18H2. The molecule has 0 saturated carbocycles. The molecule has 0 spiro atoms. The van der Waals surface area contributed by atoms with Gasteiger partial charge in [0, 0.05) is 18.3 Å². The highest BCUT2D eigenvalue weighted by atomic mass is 19.1. The zero-order chi connectivity index (χ0) is 15.0. The third kappa shape index (κ3) is 2.36. The normalized spacial score (nSPS) is 17.4. The predicted octanol–water partition coefficient (Wildman–Crippen LogP) is 2.58. The predicted molar refractivity (Wildman–Crippen MR) is 77.7 cm³/mol. The number of rotatable bonds is 1. The van der Waals surface area contributed by atoms with Gasteiger partial charge in [0.25, 0.3) is 5.91 Å². The lowest BCUT2D eigenvalue weighted by molar-refractivity contribution is 0.0981. The molecule has 1 aliphatic rings. The van der Waals surface area contributed by atoms with Crippen molar-refractivity contribution in [2.45, 2.75) is 12.5 Å². The van der Waals surface area contributed by atoms with Gasteiger partial charge in [-0.3, -0.25) is 4.79 Å². The van der Waals surface area contributed by atoms with E-state index in [9.17, 15) is 14.3 Å². The van der Waals surface area contributed by atoms with Gasteiger partial charge < -0.3 is 15.7 Å². The molecular weight excluding hydrogens is 271 g/mol. The Hall–Kier alpha value is -2.40. The molecule has 0 radical (unpaired) electrons. The van der Waals surface area contributed by atoms with Crippen LogP contribution in [0.2, 0.25) is 0 Å². The van der Waals surface area contributed by atoms with E-state index in [0.29, 0.717) is 18.7 Å². The third-order valence-corrected chi connectivity index (χ3v) is 3.72. The molecule has 0 bridgehead atoms. The molecule has 0 fully saturated rings. The molecule has 0 aliphatic carbocycles. The summed E-state index contributed by atoms with van der Waals surface area (Å²) in [5.41, 5.74) is 7.61. The van der Waals surface area contributed by atoms with Gasteiger partial charge in [0.15, 0.2) is 0 Å². The summed E-state index contributed by atoms with van der Waals surface area (Å²) in [5.74, 6) is -1.21. The van der Waals surface area contributed by atoms with Crippen LogP contribution in [0.1, 0.15) is 28.4 Å². The average Bonchev–Trinajstić information content (AvgIpc) is 2.50. The molecule has 0 saturated heterocycles. The van der Waals surface area contributed by atoms with Crippen molar-refractivity contribution in [3.05, 3.63) is 59.4 Å². The lowest BCUT2D eigenvalue weighted by Crippen LogP contribution is -2.38. The van der Waals surface area contributed by atoms with E-state index in [1.54, 1.807) is 0 Å². The number of aromatic hydroxyl groups is 1. The van der Waals surface area contributed by atoms with Crippen molar-refractivity contribution in [2.75, 3.05) is 11.4 Å². The number of anilines is 1. The largest absolute Gasteiger partial charge is 0.507 e. The van der Waals surface area contributed by atoms with Gasteiger partial charge in [-0.2, -0.15) is 0 Å². The molecule has 1 amide bonds. The van der Waals surface area contributed by atoms with Crippen LogP contribution in [-0.4, -0.2) is 17.6 Å². The summed E-state index contributed by atoms with van der Waals surface area (Å²) in [6.45, 7) is 0.437. The minimum Gasteiger partial charge on any atom is -0.507 e. The van der Waals surface area contributed by atoms with Gasteiger partial charge in [0.05, 0.1) is 5.56 Å². The molecule has 1 unspecified atom stereocenters. The first kappa shape index (κ1) is 13.6. The molecule has 4 nitrogen and oxygen atoms in total. The van der Waals surface area contributed by atoms with Crippen molar-refractivity contribution < 1.29 is 14.3 Å². The van der Waals surface area contributed by atoms with E-state index in [4.69, 9.17) is 5.73 Å². The molecule has 0 aromatic heterocycles. The molecule has 2 aromatic rings. The highest BCUT2D eigenvalue weighted by molar-refractivity contribution is 6.08. The van der Waals surface area contributed by atoms with Crippen LogP contribution in [0.5, 0.6) is 5.75 Å². The van der Waals surface area contributed by atoms with Gasteiger partial charge in [0.2, 0.25) is 0 Å². The monoisotopic (exact) mass is 286 g/mol. The highest BCUT2D eigenvalue weighted by Crippen LogP contribution is 2.34. The molecule has 21 heavy (non-hydrogen) atoms. The van der Waals surface area contributed by atoms with Crippen LogP contribution in [0, 0.1) is 5.82 Å². The van der Waals surface area contributed by atoms with E-state index in [0.717, 1.165) is 17.7 Å². The summed E-state index contributed by atoms with van der Waals surface area (Å²) in [6.07, 6.45) is 0.624. The van der Waals surface area contributed by atoms with Crippen molar-refractivity contribution in [2.24, 2.45) is 5.73 Å². The second kappa shape index (κ2) is 5.18. The Morgan fingerprint density at radius 2 is 2.05 bits per heavy atom. The Bertz CT molecular complexity index is 702. The topological polar surface area (TPSA) is 66.6 Å². The number of carbonyl (C=O) groups is 1. The minimum absolute atomic E-state index is 0.0414. The molecule has 3 N–H and O–H groups in total. The van der Waals surface area contributed by atoms with E-state index in [1.807, 2.05) is 24.3 Å². The van der Waals surface area contributed by atoms with Gasteiger partial charge in [-0.15, -0.1) is 0 Å². The van der Waals surface area contributed by atoms with E-state index < -0.39 is 11.7 Å². The van der Waals surface area contributed by atoms with Gasteiger partial charge in [-0.05, 0) is 36.2 Å². The number of phenolic OH excluding ortho intramolecular Hbond substituents is 1. The first-order valence-corrected chi connectivity index (χ1v) is 6.73. The van der Waals surface area contributed by atoms with Crippen molar-refractivity contribution in [1.82, 2.24) is 0 Å². The van der Waals surface area contributed by atoms with E-state index in [2.05, 4.69) is 0 Å². The molecule has 1 heterocycles. The molecular formula is C16H15FN2O2. The van der Waals surface area contributed by atoms with Gasteiger partial charge in [-0.1, -0.05) is 18.2 Å². The average molecular weight is 286 g/mol. The zero-order valence-corrected chi connectivity index (χ0v) is 11.3. The number of nitrogens with two attached hydrogens (primary N) is 1. The summed E-state index contributed by atoms with van der Waals surface area (Å²) < 4.78 is 13.3. The number of hydrogen-bond acceptors (Lipinski definition) is 3. The van der Waals surface area contributed by atoms with Crippen LogP contribution in [0.3, 0.4) is 0 Å². The Morgan fingerprint density at radius 1 is 1.29 bits per heavy atom. The fourth-order valence-corrected chi connectivity index (χ4v) is 2.63. The number of amides is 1. The summed E-state index contributed by atoms with van der Waals surface area (Å²) in [6, 6.07) is 10.6. The van der Waals surface area contributed by atoms with E-state index >= 15 is 0 Å². The second-order valence-corrected chi connectivity index (χ2v) is 5.07. The number of hydrogen-bond donors (Lipinski definition) is 2. The molecule has 3 rings (SSSR count). The van der Waals surface area contributed by atoms with E-state index in [-0.39, 0.29) is 17.4 Å². The molecule has 1 atom stereocenters. The molecule has 1 aliphatic heterocycles. The summed E-state index contributed by atoms with van der Waals surface area (Å²) in [5, 5.41) is 9.80. The van der Waals surface area contributed by atoms with Crippen LogP contribution in [-0.2, 0) is 0 Å². The number of nitrogens with zero attached hydrogens (tertiary/aromatic N) is 1. The maximum Gasteiger partial charge on any atom is 0.262 e. The Labute approximate surface area is 121 Å². The number of para-hydroxylation sites is 1. The summed E-state index contributed by atoms with van der Waals surface area (Å²) in [7, 11) is 0. The van der Waals surface area contributed by atoms with Gasteiger partial charge >= 0.3 is 0 Å². The lowest BCUT2D eigenvalue weighted by Gasteiger charge is -2.32. The van der Waals surface area contributed by atoms with Crippen molar-refractivity contribution in [1.29, 1.82) is 0 Å². The van der Waals surface area contributed by atoms with Crippen LogP contribution >= 0.6 is 0 Å². The van der Waals surface area contributed by atoms with E-state index in [1.165, 1.54) is 11.0 Å². The summed E-state index contributed by atoms with van der Waals surface area (Å²) >= 11 is 0. The quantitative estimate of drug-likeness (QED) is 0.846. The lowest BCUT2D eigenvalue weighted by atomic mass is 9.96. The fourth-order valence-electron chi connectivity index (χ4n) is 2.63. The van der Waals surface area contributed by atoms with Crippen molar-refractivity contribution in [3.63, 3.8) is 0 Å². The first-order chi connectivity index (χ1) is 10.1. The fraction of sp³-hybridized carbons (Fsp3) is 0.188. The van der Waals surface area contributed by atoms with Gasteiger partial charge in [-0.25, -0.2) is 4.39 Å². The maximum absolute atomic E-state index is 13.3. The minimum atomic E-state index is -0.557. The molecule has 5 heteroatoms.